The Labute approximate surface area is 161 Å². The Kier molecular flexibility index (Phi) is 4.63. The summed E-state index contributed by atoms with van der Waals surface area (Å²) >= 11 is 0. The molecule has 2 saturated carbocycles. The van der Waals surface area contributed by atoms with Gasteiger partial charge in [0.1, 0.15) is 11.4 Å². The van der Waals surface area contributed by atoms with Gasteiger partial charge in [-0.25, -0.2) is 4.98 Å². The molecule has 2 heterocycles. The maximum absolute atomic E-state index is 13.0. The second kappa shape index (κ2) is 6.86. The van der Waals surface area contributed by atoms with Crippen LogP contribution in [-0.2, 0) is 6.18 Å². The normalized spacial score (nSPS) is 19.3. The average Bonchev–Trinajstić information content (AvgIpc) is 3.54. The second-order valence-electron chi connectivity index (χ2n) is 7.79. The van der Waals surface area contributed by atoms with Gasteiger partial charge in [-0.2, -0.15) is 28.1 Å². The van der Waals surface area contributed by atoms with Crippen molar-refractivity contribution >= 4 is 11.9 Å². The minimum atomic E-state index is -4.54. The fourth-order valence-electron chi connectivity index (χ4n) is 3.67. The van der Waals surface area contributed by atoms with E-state index in [9.17, 15) is 13.2 Å². The van der Waals surface area contributed by atoms with Crippen LogP contribution in [0.1, 0.15) is 45.2 Å². The number of nitrogen functional groups attached to an aromatic ring is 1. The van der Waals surface area contributed by atoms with E-state index < -0.39 is 11.9 Å². The van der Waals surface area contributed by atoms with E-state index in [2.05, 4.69) is 38.7 Å². The highest BCUT2D eigenvalue weighted by atomic mass is 19.4. The molecule has 2 atom stereocenters. The van der Waals surface area contributed by atoms with E-state index in [0.717, 1.165) is 31.7 Å². The molecule has 0 amide bonds. The summed E-state index contributed by atoms with van der Waals surface area (Å²) in [4.78, 5) is 18.7. The molecule has 0 saturated heterocycles. The predicted octanol–water partition coefficient (Wildman–Crippen LogP) is 3.94. The maximum atomic E-state index is 13.0. The van der Waals surface area contributed by atoms with Gasteiger partial charge in [0.2, 0.25) is 11.9 Å². The Hall–Kier alpha value is -2.45. The minimum absolute atomic E-state index is 0.0183. The smallest absolute Gasteiger partial charge is 0.368 e. The van der Waals surface area contributed by atoms with Crippen molar-refractivity contribution in [1.82, 2.24) is 19.9 Å². The molecule has 4 rings (SSSR count). The first-order valence-corrected chi connectivity index (χ1v) is 9.58. The summed E-state index contributed by atoms with van der Waals surface area (Å²) in [5, 5.41) is 0. The molecule has 2 N–H and O–H groups in total. The zero-order valence-corrected chi connectivity index (χ0v) is 15.8. The first-order valence-electron chi connectivity index (χ1n) is 9.58. The Morgan fingerprint density at radius 2 is 1.57 bits per heavy atom. The van der Waals surface area contributed by atoms with Gasteiger partial charge in [-0.3, -0.25) is 0 Å². The van der Waals surface area contributed by atoms with E-state index >= 15 is 0 Å². The van der Waals surface area contributed by atoms with E-state index in [0.29, 0.717) is 17.8 Å². The number of rotatable bonds is 6. The number of anilines is 2. The summed E-state index contributed by atoms with van der Waals surface area (Å²) in [5.74, 6) is 1.61. The molecule has 0 unspecified atom stereocenters. The average molecular weight is 392 g/mol. The summed E-state index contributed by atoms with van der Waals surface area (Å²) in [6.07, 6.45) is 0.120. The number of alkyl halides is 3. The highest BCUT2D eigenvalue weighted by Gasteiger charge is 2.41. The number of pyridine rings is 1. The molecule has 0 radical (unpaired) electrons. The number of nitrogens with zero attached hydrogens (tertiary/aromatic N) is 5. The van der Waals surface area contributed by atoms with Crippen molar-refractivity contribution in [3.05, 3.63) is 23.9 Å². The summed E-state index contributed by atoms with van der Waals surface area (Å²) < 4.78 is 39.1. The van der Waals surface area contributed by atoms with E-state index in [-0.39, 0.29) is 29.6 Å². The van der Waals surface area contributed by atoms with Crippen molar-refractivity contribution < 1.29 is 13.2 Å². The van der Waals surface area contributed by atoms with Crippen molar-refractivity contribution in [2.75, 3.05) is 10.6 Å². The molecular formula is C19H23F3N6. The van der Waals surface area contributed by atoms with Gasteiger partial charge in [0, 0.05) is 12.1 Å². The third-order valence-electron chi connectivity index (χ3n) is 5.63. The molecule has 6 nitrogen and oxygen atoms in total. The molecule has 2 aromatic heterocycles. The van der Waals surface area contributed by atoms with Crippen molar-refractivity contribution in [3.63, 3.8) is 0 Å². The first-order chi connectivity index (χ1) is 13.2. The van der Waals surface area contributed by atoms with Crippen LogP contribution in [-0.4, -0.2) is 32.0 Å². The molecule has 2 aliphatic carbocycles. The number of hydrogen-bond donors (Lipinski definition) is 1. The molecule has 150 valence electrons. The fourth-order valence-corrected chi connectivity index (χ4v) is 3.67. The lowest BCUT2D eigenvalue weighted by atomic mass is 10.1. The van der Waals surface area contributed by atoms with Gasteiger partial charge >= 0.3 is 6.18 Å². The molecule has 0 spiro atoms. The van der Waals surface area contributed by atoms with Crippen LogP contribution in [0.5, 0.6) is 0 Å². The van der Waals surface area contributed by atoms with E-state index in [1.54, 1.807) is 0 Å². The highest BCUT2D eigenvalue weighted by Crippen LogP contribution is 2.42. The highest BCUT2D eigenvalue weighted by molar-refractivity contribution is 5.54. The number of aromatic nitrogens is 4. The van der Waals surface area contributed by atoms with Crippen LogP contribution < -0.4 is 10.6 Å². The molecule has 2 aromatic rings. The van der Waals surface area contributed by atoms with Gasteiger partial charge in [0.05, 0.1) is 0 Å². The van der Waals surface area contributed by atoms with Crippen LogP contribution in [0, 0.1) is 11.8 Å². The summed E-state index contributed by atoms with van der Waals surface area (Å²) in [6, 6.07) is 4.14. The second-order valence-corrected chi connectivity index (χ2v) is 7.79. The predicted molar refractivity (Wildman–Crippen MR) is 99.3 cm³/mol. The molecule has 2 aliphatic rings. The third-order valence-corrected chi connectivity index (χ3v) is 5.63. The molecule has 0 bridgehead atoms. The molecular weight excluding hydrogens is 369 g/mol. The largest absolute Gasteiger partial charge is 0.433 e. The fraction of sp³-hybridized carbons (Fsp3) is 0.579. The molecule has 0 aliphatic heterocycles. The van der Waals surface area contributed by atoms with Crippen molar-refractivity contribution in [3.8, 4) is 11.5 Å². The monoisotopic (exact) mass is 392 g/mol. The maximum Gasteiger partial charge on any atom is 0.433 e. The van der Waals surface area contributed by atoms with Crippen LogP contribution in [0.15, 0.2) is 18.2 Å². The summed E-state index contributed by atoms with van der Waals surface area (Å²) in [7, 11) is 0. The minimum Gasteiger partial charge on any atom is -0.368 e. The van der Waals surface area contributed by atoms with E-state index in [1.165, 1.54) is 12.1 Å². The Bertz CT molecular complexity index is 845. The van der Waals surface area contributed by atoms with Crippen molar-refractivity contribution in [2.24, 2.45) is 11.8 Å². The lowest BCUT2D eigenvalue weighted by Crippen LogP contribution is -2.44. The Balaban J connectivity index is 1.73. The van der Waals surface area contributed by atoms with Gasteiger partial charge in [0.25, 0.3) is 0 Å². The lowest BCUT2D eigenvalue weighted by Gasteiger charge is -2.35. The van der Waals surface area contributed by atoms with Crippen LogP contribution in [0.4, 0.5) is 25.1 Å². The Morgan fingerprint density at radius 3 is 2.11 bits per heavy atom. The zero-order valence-electron chi connectivity index (χ0n) is 15.8. The van der Waals surface area contributed by atoms with Crippen LogP contribution in [0.2, 0.25) is 0 Å². The Morgan fingerprint density at radius 1 is 0.964 bits per heavy atom. The summed E-state index contributed by atoms with van der Waals surface area (Å²) in [5.41, 5.74) is 4.95. The quantitative estimate of drug-likeness (QED) is 0.802. The van der Waals surface area contributed by atoms with Gasteiger partial charge < -0.3 is 10.6 Å². The van der Waals surface area contributed by atoms with Gasteiger partial charge in [-0.15, -0.1) is 0 Å². The van der Waals surface area contributed by atoms with Crippen molar-refractivity contribution in [2.45, 2.75) is 57.8 Å². The van der Waals surface area contributed by atoms with Crippen LogP contribution in [0.25, 0.3) is 11.5 Å². The van der Waals surface area contributed by atoms with Gasteiger partial charge in [-0.1, -0.05) is 6.07 Å². The SMILES string of the molecule is C[C@H](C1CC1)N(c1nc(N)nc(-c2cccc(C(F)(F)F)n2)n1)[C@H](C)C1CC1. The molecule has 2 fully saturated rings. The van der Waals surface area contributed by atoms with Gasteiger partial charge in [0.15, 0.2) is 5.82 Å². The number of hydrogen-bond acceptors (Lipinski definition) is 6. The van der Waals surface area contributed by atoms with Crippen LogP contribution >= 0.6 is 0 Å². The van der Waals surface area contributed by atoms with E-state index in [4.69, 9.17) is 5.73 Å². The van der Waals surface area contributed by atoms with Gasteiger partial charge in [-0.05, 0) is 63.5 Å². The molecule has 9 heteroatoms. The lowest BCUT2D eigenvalue weighted by molar-refractivity contribution is -0.141. The zero-order chi connectivity index (χ0) is 20.1. The third kappa shape index (κ3) is 3.88. The molecule has 0 aromatic carbocycles. The van der Waals surface area contributed by atoms with E-state index in [1.807, 2.05) is 0 Å². The standard InChI is InChI=1S/C19H23F3N6/c1-10(12-6-7-12)28(11(2)13-8-9-13)18-26-16(25-17(23)27-18)14-4-3-5-15(24-14)19(20,21)22/h3-5,10-13H,6-9H2,1-2H3,(H2,23,25,26,27)/t10-,11-/m1/s1. The number of nitrogens with two attached hydrogens (primary N) is 1. The van der Waals surface area contributed by atoms with Crippen LogP contribution in [0.3, 0.4) is 0 Å². The van der Waals surface area contributed by atoms with Crippen molar-refractivity contribution in [1.29, 1.82) is 0 Å². The topological polar surface area (TPSA) is 80.8 Å². The first kappa shape index (κ1) is 18.9. The molecule has 28 heavy (non-hydrogen) atoms. The summed E-state index contributed by atoms with van der Waals surface area (Å²) in [6.45, 7) is 4.30. The number of halogens is 3.